The van der Waals surface area contributed by atoms with Gasteiger partial charge in [-0.15, -0.1) is 0 Å². The summed E-state index contributed by atoms with van der Waals surface area (Å²) in [6.07, 6.45) is -0.755. The Hall–Kier alpha value is -0.640. The lowest BCUT2D eigenvalue weighted by molar-refractivity contribution is -0.162. The van der Waals surface area contributed by atoms with Gasteiger partial charge in [-0.05, 0) is 27.7 Å². The molecule has 0 aliphatic carbocycles. The highest BCUT2D eigenvalue weighted by atomic mass is 19.1. The number of alkyl halides is 1. The largest absolute Gasteiger partial charge is 0.459 e. The molecule has 0 spiro atoms. The van der Waals surface area contributed by atoms with Gasteiger partial charge in [-0.3, -0.25) is 10.1 Å². The van der Waals surface area contributed by atoms with Crippen LogP contribution < -0.4 is 5.32 Å². The minimum atomic E-state index is -0.951. The molecule has 1 saturated heterocycles. The van der Waals surface area contributed by atoms with E-state index in [0.29, 0.717) is 0 Å². The first kappa shape index (κ1) is 11.4. The van der Waals surface area contributed by atoms with Crippen LogP contribution in [0.3, 0.4) is 0 Å². The molecule has 0 aromatic heterocycles. The number of halogens is 1. The van der Waals surface area contributed by atoms with Gasteiger partial charge in [-0.1, -0.05) is 0 Å². The summed E-state index contributed by atoms with van der Waals surface area (Å²) in [6, 6.07) is 0. The first-order chi connectivity index (χ1) is 6.23. The van der Waals surface area contributed by atoms with Gasteiger partial charge in [0.25, 0.3) is 0 Å². The zero-order valence-electron chi connectivity index (χ0n) is 9.19. The molecule has 0 unspecified atom stereocenters. The predicted octanol–water partition coefficient (Wildman–Crippen LogP) is 1.42. The van der Waals surface area contributed by atoms with Crippen LogP contribution >= 0.6 is 0 Å². The van der Waals surface area contributed by atoms with Crippen molar-refractivity contribution < 1.29 is 13.9 Å². The second-order valence-corrected chi connectivity index (χ2v) is 5.02. The number of carbonyl (C=O) groups is 1. The summed E-state index contributed by atoms with van der Waals surface area (Å²) in [5.74, 6) is -0.370. The van der Waals surface area contributed by atoms with Gasteiger partial charge in [0.05, 0.1) is 0 Å². The Morgan fingerprint density at radius 3 is 2.50 bits per heavy atom. The second-order valence-electron chi connectivity index (χ2n) is 5.02. The fraction of sp³-hybridized carbons (Fsp3) is 0.900. The molecule has 0 aromatic rings. The maximum Gasteiger partial charge on any atom is 0.326 e. The number of nitrogens with one attached hydrogen (secondary N) is 1. The average Bonchev–Trinajstić information content (AvgIpc) is 2.29. The first-order valence-corrected chi connectivity index (χ1v) is 4.85. The van der Waals surface area contributed by atoms with Crippen molar-refractivity contribution in [3.05, 3.63) is 0 Å². The Morgan fingerprint density at radius 2 is 2.14 bits per heavy atom. The van der Waals surface area contributed by atoms with E-state index in [-0.39, 0.29) is 18.9 Å². The predicted molar refractivity (Wildman–Crippen MR) is 51.8 cm³/mol. The summed E-state index contributed by atoms with van der Waals surface area (Å²) in [5.41, 5.74) is -1.37. The van der Waals surface area contributed by atoms with Crippen LogP contribution in [0.4, 0.5) is 4.39 Å². The molecule has 0 amide bonds. The molecule has 1 heterocycles. The topological polar surface area (TPSA) is 38.3 Å². The summed E-state index contributed by atoms with van der Waals surface area (Å²) in [7, 11) is 0. The quantitative estimate of drug-likeness (QED) is 0.655. The third kappa shape index (κ3) is 2.67. The summed E-state index contributed by atoms with van der Waals surface area (Å²) in [4.78, 5) is 11.7. The van der Waals surface area contributed by atoms with Crippen LogP contribution in [-0.2, 0) is 9.53 Å². The molecule has 1 N–H and O–H groups in total. The van der Waals surface area contributed by atoms with E-state index in [2.05, 4.69) is 5.32 Å². The normalized spacial score (nSPS) is 33.1. The first-order valence-electron chi connectivity index (χ1n) is 4.85. The summed E-state index contributed by atoms with van der Waals surface area (Å²) in [6.45, 7) is 7.32. The molecule has 1 fully saturated rings. The molecule has 14 heavy (non-hydrogen) atoms. The van der Waals surface area contributed by atoms with Crippen LogP contribution in [0.5, 0.6) is 0 Å². The fourth-order valence-corrected chi connectivity index (χ4v) is 1.47. The minimum absolute atomic E-state index is 0.196. The number of carbonyl (C=O) groups excluding carboxylic acids is 1. The molecule has 3 nitrogen and oxygen atoms in total. The lowest BCUT2D eigenvalue weighted by Crippen LogP contribution is -2.48. The molecule has 82 valence electrons. The van der Waals surface area contributed by atoms with Gasteiger partial charge in [0.2, 0.25) is 0 Å². The van der Waals surface area contributed by atoms with Crippen molar-refractivity contribution in [3.63, 3.8) is 0 Å². The van der Waals surface area contributed by atoms with Crippen LogP contribution in [0.1, 0.15) is 34.1 Å². The lowest BCUT2D eigenvalue weighted by atomic mass is 10.00. The molecule has 0 aromatic carbocycles. The number of rotatable bonds is 1. The van der Waals surface area contributed by atoms with Crippen molar-refractivity contribution in [3.8, 4) is 0 Å². The molecular formula is C10H18FNO2. The van der Waals surface area contributed by atoms with Crippen molar-refractivity contribution in [1.82, 2.24) is 5.32 Å². The van der Waals surface area contributed by atoms with Gasteiger partial charge in [-0.2, -0.15) is 0 Å². The SMILES string of the molecule is CC(C)(C)OC(=O)[C@@]1(C)C[C@@H](F)CN1. The molecule has 0 saturated carbocycles. The third-order valence-electron chi connectivity index (χ3n) is 2.19. The summed E-state index contributed by atoms with van der Waals surface area (Å²) in [5, 5.41) is 2.86. The molecule has 2 atom stereocenters. The van der Waals surface area contributed by atoms with Gasteiger partial charge in [0.15, 0.2) is 0 Å². The zero-order valence-corrected chi connectivity index (χ0v) is 9.19. The smallest absolute Gasteiger partial charge is 0.326 e. The Labute approximate surface area is 84.0 Å². The Morgan fingerprint density at radius 1 is 1.57 bits per heavy atom. The van der Waals surface area contributed by atoms with E-state index in [9.17, 15) is 9.18 Å². The van der Waals surface area contributed by atoms with Crippen LogP contribution in [0.25, 0.3) is 0 Å². The lowest BCUT2D eigenvalue weighted by Gasteiger charge is -2.28. The van der Waals surface area contributed by atoms with Crippen molar-refractivity contribution in [2.24, 2.45) is 0 Å². The van der Waals surface area contributed by atoms with Crippen LogP contribution in [0.15, 0.2) is 0 Å². The molecule has 4 heteroatoms. The monoisotopic (exact) mass is 203 g/mol. The molecular weight excluding hydrogens is 185 g/mol. The summed E-state index contributed by atoms with van der Waals surface area (Å²) >= 11 is 0. The Balaban J connectivity index is 2.61. The van der Waals surface area contributed by atoms with Gasteiger partial charge >= 0.3 is 5.97 Å². The highest BCUT2D eigenvalue weighted by molar-refractivity contribution is 5.81. The van der Waals surface area contributed by atoms with Gasteiger partial charge in [-0.25, -0.2) is 4.39 Å². The number of esters is 1. The van der Waals surface area contributed by atoms with Crippen LogP contribution in [0.2, 0.25) is 0 Å². The molecule has 0 bridgehead atoms. The zero-order chi connectivity index (χ0) is 11.0. The maximum atomic E-state index is 12.9. The standard InChI is InChI=1S/C10H18FNO2/c1-9(2,3)14-8(13)10(4)5-7(11)6-12-10/h7,12H,5-6H2,1-4H3/t7-,10-/m1/s1. The van der Waals surface area contributed by atoms with E-state index in [1.807, 2.05) is 0 Å². The molecule has 1 rings (SSSR count). The van der Waals surface area contributed by atoms with Gasteiger partial charge in [0, 0.05) is 13.0 Å². The highest BCUT2D eigenvalue weighted by Crippen LogP contribution is 2.24. The van der Waals surface area contributed by atoms with E-state index in [0.717, 1.165) is 0 Å². The van der Waals surface area contributed by atoms with Crippen LogP contribution in [-0.4, -0.2) is 29.8 Å². The number of hydrogen-bond donors (Lipinski definition) is 1. The number of ether oxygens (including phenoxy) is 1. The van der Waals surface area contributed by atoms with E-state index in [4.69, 9.17) is 4.74 Å². The van der Waals surface area contributed by atoms with Crippen molar-refractivity contribution in [1.29, 1.82) is 0 Å². The van der Waals surface area contributed by atoms with Crippen molar-refractivity contribution in [2.75, 3.05) is 6.54 Å². The highest BCUT2D eigenvalue weighted by Gasteiger charge is 2.43. The third-order valence-corrected chi connectivity index (χ3v) is 2.19. The van der Waals surface area contributed by atoms with E-state index < -0.39 is 17.3 Å². The molecule has 1 aliphatic heterocycles. The Bertz CT molecular complexity index is 237. The maximum absolute atomic E-state index is 12.9. The Kier molecular flexibility index (Phi) is 2.86. The molecule has 0 radical (unpaired) electrons. The second kappa shape index (κ2) is 3.50. The van der Waals surface area contributed by atoms with E-state index in [1.165, 1.54) is 0 Å². The van der Waals surface area contributed by atoms with Crippen LogP contribution in [0, 0.1) is 0 Å². The van der Waals surface area contributed by atoms with Crippen molar-refractivity contribution in [2.45, 2.75) is 51.4 Å². The molecule has 1 aliphatic rings. The fourth-order valence-electron chi connectivity index (χ4n) is 1.47. The van der Waals surface area contributed by atoms with Gasteiger partial charge < -0.3 is 4.74 Å². The average molecular weight is 203 g/mol. The van der Waals surface area contributed by atoms with Gasteiger partial charge in [0.1, 0.15) is 17.3 Å². The van der Waals surface area contributed by atoms with Crippen molar-refractivity contribution >= 4 is 5.97 Å². The summed E-state index contributed by atoms with van der Waals surface area (Å²) < 4.78 is 18.1. The minimum Gasteiger partial charge on any atom is -0.459 e. The number of hydrogen-bond acceptors (Lipinski definition) is 3. The van der Waals surface area contributed by atoms with E-state index in [1.54, 1.807) is 27.7 Å². The van der Waals surface area contributed by atoms with E-state index >= 15 is 0 Å².